The minimum atomic E-state index is -0.793. The largest absolute Gasteiger partial charge is 0.338 e. The van der Waals surface area contributed by atoms with Crippen LogP contribution in [0.5, 0.6) is 0 Å². The summed E-state index contributed by atoms with van der Waals surface area (Å²) in [5.74, 6) is -0.921. The molecule has 2 heterocycles. The third-order valence-corrected chi connectivity index (χ3v) is 8.97. The molecule has 6 heteroatoms. The maximum Gasteiger partial charge on any atom is 0.246 e. The number of hydrogen-bond acceptors (Lipinski definition) is 4. The van der Waals surface area contributed by atoms with Crippen molar-refractivity contribution in [2.45, 2.75) is 44.2 Å². The summed E-state index contributed by atoms with van der Waals surface area (Å²) < 4.78 is 0. The van der Waals surface area contributed by atoms with Gasteiger partial charge in [0.2, 0.25) is 17.7 Å². The first-order valence-corrected chi connectivity index (χ1v) is 14.7. The number of amides is 3. The molecule has 0 unspecified atom stereocenters. The van der Waals surface area contributed by atoms with E-state index >= 15 is 0 Å². The molecule has 0 spiro atoms. The zero-order chi connectivity index (χ0) is 27.5. The molecular weight excluding hydrogens is 498 g/mol. The van der Waals surface area contributed by atoms with Gasteiger partial charge in [0.25, 0.3) is 0 Å². The van der Waals surface area contributed by atoms with Crippen molar-refractivity contribution in [3.8, 4) is 0 Å². The van der Waals surface area contributed by atoms with Crippen LogP contribution in [0, 0.1) is 11.8 Å². The van der Waals surface area contributed by atoms with Gasteiger partial charge < -0.3 is 4.90 Å². The summed E-state index contributed by atoms with van der Waals surface area (Å²) in [5.41, 5.74) is 3.42. The van der Waals surface area contributed by atoms with Crippen LogP contribution in [0.25, 0.3) is 0 Å². The van der Waals surface area contributed by atoms with Crippen LogP contribution < -0.4 is 0 Å². The van der Waals surface area contributed by atoms with Crippen LogP contribution in [0.2, 0.25) is 0 Å². The highest BCUT2D eigenvalue weighted by molar-refractivity contribution is 6.08. The highest BCUT2D eigenvalue weighted by Crippen LogP contribution is 2.39. The highest BCUT2D eigenvalue weighted by Gasteiger charge is 2.52. The normalized spacial score (nSPS) is 22.4. The molecule has 2 saturated heterocycles. The van der Waals surface area contributed by atoms with Gasteiger partial charge >= 0.3 is 0 Å². The standard InChI is InChI=1S/C34H37N3O3/c38-32-28-18-10-11-19-29(28)33(39)37(32)30(24-25-12-4-1-5-13-25)34(40)36-22-20-35(21-23-36)31(26-14-6-2-7-15-26)27-16-8-3-9-17-27/h1-9,12-17,28-31H,10-11,18-24H2/t28-,29-,30+/m0/s1. The Bertz CT molecular complexity index is 1260. The first-order chi connectivity index (χ1) is 19.6. The Morgan fingerprint density at radius 2 is 1.15 bits per heavy atom. The number of imide groups is 1. The lowest BCUT2D eigenvalue weighted by Crippen LogP contribution is -2.57. The SMILES string of the molecule is O=C([C@@H](Cc1ccccc1)N1C(=O)[C@H]2CCCC[C@@H]2C1=O)N1CCN(C(c2ccccc2)c2ccccc2)CC1. The van der Waals surface area contributed by atoms with Gasteiger partial charge in [-0.2, -0.15) is 0 Å². The highest BCUT2D eigenvalue weighted by atomic mass is 16.2. The van der Waals surface area contributed by atoms with E-state index in [1.807, 2.05) is 47.4 Å². The van der Waals surface area contributed by atoms with Gasteiger partial charge in [0.1, 0.15) is 6.04 Å². The minimum absolute atomic E-state index is 0.102. The summed E-state index contributed by atoms with van der Waals surface area (Å²) >= 11 is 0. The van der Waals surface area contributed by atoms with Gasteiger partial charge in [-0.1, -0.05) is 104 Å². The first-order valence-electron chi connectivity index (χ1n) is 14.7. The molecule has 0 aromatic heterocycles. The van der Waals surface area contributed by atoms with Gasteiger partial charge in [0.15, 0.2) is 0 Å². The van der Waals surface area contributed by atoms with Crippen molar-refractivity contribution < 1.29 is 14.4 Å². The average molecular weight is 536 g/mol. The molecule has 3 amide bonds. The fourth-order valence-electron chi connectivity index (χ4n) is 6.92. The lowest BCUT2D eigenvalue weighted by atomic mass is 9.81. The predicted octanol–water partition coefficient (Wildman–Crippen LogP) is 4.71. The van der Waals surface area contributed by atoms with E-state index < -0.39 is 6.04 Å². The van der Waals surface area contributed by atoms with E-state index in [1.165, 1.54) is 16.0 Å². The number of carbonyl (C=O) groups excluding carboxylic acids is 3. The Morgan fingerprint density at radius 3 is 1.65 bits per heavy atom. The second-order valence-corrected chi connectivity index (χ2v) is 11.3. The molecule has 0 N–H and O–H groups in total. The molecular formula is C34H37N3O3. The zero-order valence-electron chi connectivity index (χ0n) is 22.9. The van der Waals surface area contributed by atoms with Crippen LogP contribution in [0.4, 0.5) is 0 Å². The van der Waals surface area contributed by atoms with Crippen molar-refractivity contribution in [3.05, 3.63) is 108 Å². The first kappa shape index (κ1) is 26.5. The van der Waals surface area contributed by atoms with Crippen molar-refractivity contribution in [1.29, 1.82) is 0 Å². The molecule has 0 bridgehead atoms. The van der Waals surface area contributed by atoms with Crippen LogP contribution in [-0.2, 0) is 20.8 Å². The Balaban J connectivity index is 1.23. The molecule has 1 saturated carbocycles. The molecule has 3 atom stereocenters. The Morgan fingerprint density at radius 1 is 0.675 bits per heavy atom. The summed E-state index contributed by atoms with van der Waals surface area (Å²) in [5, 5.41) is 0. The molecule has 3 aromatic rings. The van der Waals surface area contributed by atoms with Gasteiger partial charge in [-0.3, -0.25) is 24.2 Å². The van der Waals surface area contributed by atoms with Crippen molar-refractivity contribution in [3.63, 3.8) is 0 Å². The van der Waals surface area contributed by atoms with Crippen molar-refractivity contribution in [1.82, 2.24) is 14.7 Å². The number of carbonyl (C=O) groups is 3. The van der Waals surface area contributed by atoms with Gasteiger partial charge in [0.05, 0.1) is 17.9 Å². The van der Waals surface area contributed by atoms with Gasteiger partial charge in [-0.15, -0.1) is 0 Å². The number of fused-ring (bicyclic) bond motifs is 1. The lowest BCUT2D eigenvalue weighted by molar-refractivity contribution is -0.152. The number of hydrogen-bond donors (Lipinski definition) is 0. The second kappa shape index (κ2) is 11.8. The van der Waals surface area contributed by atoms with E-state index in [-0.39, 0.29) is 35.6 Å². The average Bonchev–Trinajstić information content (AvgIpc) is 3.27. The minimum Gasteiger partial charge on any atom is -0.338 e. The molecule has 6 nitrogen and oxygen atoms in total. The molecule has 6 rings (SSSR count). The molecule has 3 aliphatic rings. The van der Waals surface area contributed by atoms with Gasteiger partial charge in [0, 0.05) is 32.6 Å². The van der Waals surface area contributed by atoms with Crippen LogP contribution in [0.15, 0.2) is 91.0 Å². The fourth-order valence-corrected chi connectivity index (χ4v) is 6.92. The number of benzene rings is 3. The van der Waals surface area contributed by atoms with E-state index in [1.54, 1.807) is 0 Å². The summed E-state index contributed by atoms with van der Waals surface area (Å²) in [6, 6.07) is 30.1. The summed E-state index contributed by atoms with van der Waals surface area (Å²) in [6.45, 7) is 2.55. The summed E-state index contributed by atoms with van der Waals surface area (Å²) in [4.78, 5) is 46.9. The zero-order valence-corrected chi connectivity index (χ0v) is 22.9. The molecule has 40 heavy (non-hydrogen) atoms. The van der Waals surface area contributed by atoms with Crippen LogP contribution >= 0.6 is 0 Å². The third kappa shape index (κ3) is 5.20. The molecule has 1 aliphatic carbocycles. The topological polar surface area (TPSA) is 60.9 Å². The smallest absolute Gasteiger partial charge is 0.246 e. The van der Waals surface area contributed by atoms with E-state index in [4.69, 9.17) is 0 Å². The second-order valence-electron chi connectivity index (χ2n) is 11.3. The van der Waals surface area contributed by atoms with Crippen LogP contribution in [0.1, 0.15) is 48.4 Å². The van der Waals surface area contributed by atoms with Crippen LogP contribution in [-0.4, -0.2) is 64.6 Å². The predicted molar refractivity (Wildman–Crippen MR) is 154 cm³/mol. The molecule has 3 fully saturated rings. The number of piperazine rings is 1. The number of likely N-dealkylation sites (tertiary alicyclic amines) is 1. The Labute approximate surface area is 236 Å². The van der Waals surface area contributed by atoms with Gasteiger partial charge in [-0.05, 0) is 29.5 Å². The maximum absolute atomic E-state index is 14.2. The van der Waals surface area contributed by atoms with Crippen LogP contribution in [0.3, 0.4) is 0 Å². The quantitative estimate of drug-likeness (QED) is 0.412. The fraction of sp³-hybridized carbons (Fsp3) is 0.382. The van der Waals surface area contributed by atoms with Crippen molar-refractivity contribution in [2.75, 3.05) is 26.2 Å². The van der Waals surface area contributed by atoms with E-state index in [9.17, 15) is 14.4 Å². The number of rotatable bonds is 7. The lowest BCUT2D eigenvalue weighted by Gasteiger charge is -2.41. The molecule has 2 aliphatic heterocycles. The Hall–Kier alpha value is -3.77. The van der Waals surface area contributed by atoms with Crippen molar-refractivity contribution >= 4 is 17.7 Å². The van der Waals surface area contributed by atoms with E-state index in [0.717, 1.165) is 31.2 Å². The Kier molecular flexibility index (Phi) is 7.78. The summed E-state index contributed by atoms with van der Waals surface area (Å²) in [6.07, 6.45) is 3.79. The van der Waals surface area contributed by atoms with Crippen molar-refractivity contribution in [2.24, 2.45) is 11.8 Å². The van der Waals surface area contributed by atoms with E-state index in [2.05, 4.69) is 53.4 Å². The molecule has 0 radical (unpaired) electrons. The summed E-state index contributed by atoms with van der Waals surface area (Å²) in [7, 11) is 0. The maximum atomic E-state index is 14.2. The molecule has 206 valence electrons. The van der Waals surface area contributed by atoms with E-state index in [0.29, 0.717) is 32.6 Å². The number of nitrogens with zero attached hydrogens (tertiary/aromatic N) is 3. The molecule has 3 aromatic carbocycles. The van der Waals surface area contributed by atoms with Gasteiger partial charge in [-0.25, -0.2) is 0 Å². The monoisotopic (exact) mass is 535 g/mol. The third-order valence-electron chi connectivity index (χ3n) is 8.97.